The fourth-order valence-electron chi connectivity index (χ4n) is 8.02. The van der Waals surface area contributed by atoms with Gasteiger partial charge in [0, 0.05) is 53.9 Å². The maximum Gasteiger partial charge on any atom is 0.143 e. The molecule has 7 aromatic carbocycles. The summed E-state index contributed by atoms with van der Waals surface area (Å²) in [6.45, 7) is 4.67. The lowest BCUT2D eigenvalue weighted by Crippen LogP contribution is -2.16. The molecule has 0 fully saturated rings. The third-order valence-electron chi connectivity index (χ3n) is 10.4. The zero-order valence-electron chi connectivity index (χ0n) is 27.0. The number of nitrogens with zero attached hydrogens (tertiary/aromatic N) is 1. The van der Waals surface area contributed by atoms with Crippen LogP contribution in [-0.2, 0) is 5.41 Å². The Balaban J connectivity index is 1.19. The zero-order chi connectivity index (χ0) is 32.9. The predicted octanol–water partition coefficient (Wildman–Crippen LogP) is 13.7. The fourth-order valence-corrected chi connectivity index (χ4v) is 8.59. The van der Waals surface area contributed by atoms with Crippen LogP contribution in [0.3, 0.4) is 0 Å². The molecular formula is C45H30BrNO2. The van der Waals surface area contributed by atoms with E-state index in [4.69, 9.17) is 8.83 Å². The zero-order valence-corrected chi connectivity index (χ0v) is 28.6. The fraction of sp³-hybridized carbons (Fsp3) is 0.0667. The van der Waals surface area contributed by atoms with E-state index in [0.29, 0.717) is 0 Å². The molecule has 4 heteroatoms. The minimum atomic E-state index is -0.113. The van der Waals surface area contributed by atoms with Gasteiger partial charge in [0.2, 0.25) is 0 Å². The number of benzene rings is 7. The van der Waals surface area contributed by atoms with Crippen LogP contribution in [0.5, 0.6) is 0 Å². The van der Waals surface area contributed by atoms with Gasteiger partial charge in [0.25, 0.3) is 0 Å². The van der Waals surface area contributed by atoms with E-state index in [-0.39, 0.29) is 5.41 Å². The van der Waals surface area contributed by atoms with E-state index in [2.05, 4.69) is 156 Å². The minimum absolute atomic E-state index is 0.113. The van der Waals surface area contributed by atoms with Gasteiger partial charge in [-0.1, -0.05) is 121 Å². The van der Waals surface area contributed by atoms with Gasteiger partial charge in [-0.3, -0.25) is 0 Å². The molecule has 234 valence electrons. The molecule has 0 unspecified atom stereocenters. The first kappa shape index (κ1) is 28.4. The van der Waals surface area contributed by atoms with Crippen molar-refractivity contribution in [2.45, 2.75) is 19.3 Å². The summed E-state index contributed by atoms with van der Waals surface area (Å²) in [5.74, 6) is 0. The van der Waals surface area contributed by atoms with Crippen molar-refractivity contribution in [2.24, 2.45) is 0 Å². The number of hydrogen-bond donors (Lipinski definition) is 0. The van der Waals surface area contributed by atoms with E-state index < -0.39 is 0 Å². The van der Waals surface area contributed by atoms with Crippen molar-refractivity contribution in [3.63, 3.8) is 0 Å². The number of para-hydroxylation sites is 2. The molecule has 0 bridgehead atoms. The van der Waals surface area contributed by atoms with Gasteiger partial charge in [0.1, 0.15) is 22.3 Å². The quantitative estimate of drug-likeness (QED) is 0.183. The second-order valence-electron chi connectivity index (χ2n) is 13.4. The van der Waals surface area contributed by atoms with Crippen molar-refractivity contribution >= 4 is 76.9 Å². The summed E-state index contributed by atoms with van der Waals surface area (Å²) in [4.78, 5) is 2.40. The van der Waals surface area contributed by atoms with Crippen LogP contribution in [0.4, 0.5) is 17.1 Å². The second-order valence-corrected chi connectivity index (χ2v) is 14.3. The largest absolute Gasteiger partial charge is 0.456 e. The standard InChI is InChI=1S/C45H30BrNO2/c1-45(2)35-14-5-3-11-33(35)42-36(45)15-8-17-38(42)47(29-24-25-40-34(26-29)43-37(46)16-9-19-41(43)48-40)28-22-20-27(21-23-28)30-12-7-13-32-31-10-4-6-18-39(31)49-44(30)32/h3-26H,1-2H3. The highest BCUT2D eigenvalue weighted by molar-refractivity contribution is 9.10. The van der Waals surface area contributed by atoms with Crippen molar-refractivity contribution in [3.05, 3.63) is 161 Å². The van der Waals surface area contributed by atoms with Gasteiger partial charge in [-0.25, -0.2) is 0 Å². The summed E-state index contributed by atoms with van der Waals surface area (Å²) in [5, 5.41) is 4.42. The van der Waals surface area contributed by atoms with Crippen molar-refractivity contribution in [2.75, 3.05) is 4.90 Å². The highest BCUT2D eigenvalue weighted by atomic mass is 79.9. The van der Waals surface area contributed by atoms with E-state index in [1.807, 2.05) is 24.3 Å². The Labute approximate surface area is 292 Å². The number of halogens is 1. The normalized spacial score (nSPS) is 13.4. The van der Waals surface area contributed by atoms with E-state index in [0.717, 1.165) is 76.5 Å². The van der Waals surface area contributed by atoms with Gasteiger partial charge in [0.05, 0.1) is 5.69 Å². The first-order chi connectivity index (χ1) is 24.0. The molecule has 0 radical (unpaired) electrons. The molecule has 0 saturated heterocycles. The van der Waals surface area contributed by atoms with E-state index in [1.165, 1.54) is 22.3 Å². The minimum Gasteiger partial charge on any atom is -0.456 e. The third kappa shape index (κ3) is 4.14. The molecule has 9 aromatic rings. The van der Waals surface area contributed by atoms with Gasteiger partial charge < -0.3 is 13.7 Å². The Kier molecular flexibility index (Phi) is 6.07. The highest BCUT2D eigenvalue weighted by Gasteiger charge is 2.37. The van der Waals surface area contributed by atoms with Gasteiger partial charge in [-0.05, 0) is 76.9 Å². The van der Waals surface area contributed by atoms with Gasteiger partial charge in [0.15, 0.2) is 0 Å². The van der Waals surface area contributed by atoms with Gasteiger partial charge in [-0.15, -0.1) is 0 Å². The Bertz CT molecular complexity index is 2770. The van der Waals surface area contributed by atoms with Crippen LogP contribution >= 0.6 is 15.9 Å². The summed E-state index contributed by atoms with van der Waals surface area (Å²) in [5.41, 5.74) is 14.2. The number of hydrogen-bond acceptors (Lipinski definition) is 3. The third-order valence-corrected chi connectivity index (χ3v) is 11.0. The Morgan fingerprint density at radius 2 is 1.20 bits per heavy atom. The summed E-state index contributed by atoms with van der Waals surface area (Å²) < 4.78 is 13.7. The predicted molar refractivity (Wildman–Crippen MR) is 206 cm³/mol. The molecule has 0 N–H and O–H groups in total. The SMILES string of the molecule is CC1(C)c2ccccc2-c2c(N(c3ccc(-c4cccc5c4oc4ccccc45)cc3)c3ccc4oc5cccc(Br)c5c4c3)cccc21. The first-order valence-electron chi connectivity index (χ1n) is 16.6. The molecule has 2 aromatic heterocycles. The number of fused-ring (bicyclic) bond motifs is 9. The van der Waals surface area contributed by atoms with Gasteiger partial charge >= 0.3 is 0 Å². The Morgan fingerprint density at radius 3 is 2.10 bits per heavy atom. The topological polar surface area (TPSA) is 29.5 Å². The molecule has 0 amide bonds. The Hall–Kier alpha value is -5.58. The maximum atomic E-state index is 6.41. The lowest BCUT2D eigenvalue weighted by molar-refractivity contribution is 0.660. The number of furan rings is 2. The lowest BCUT2D eigenvalue weighted by atomic mass is 9.82. The van der Waals surface area contributed by atoms with Crippen LogP contribution < -0.4 is 4.90 Å². The smallest absolute Gasteiger partial charge is 0.143 e. The molecule has 2 heterocycles. The molecule has 0 spiro atoms. The molecule has 0 aliphatic heterocycles. The summed E-state index contributed by atoms with van der Waals surface area (Å²) in [6, 6.07) is 51.8. The monoisotopic (exact) mass is 695 g/mol. The molecule has 3 nitrogen and oxygen atoms in total. The summed E-state index contributed by atoms with van der Waals surface area (Å²) in [6.07, 6.45) is 0. The summed E-state index contributed by atoms with van der Waals surface area (Å²) >= 11 is 3.80. The second kappa shape index (κ2) is 10.5. The van der Waals surface area contributed by atoms with Crippen LogP contribution in [0.1, 0.15) is 25.0 Å². The molecule has 0 atom stereocenters. The van der Waals surface area contributed by atoms with E-state index in [9.17, 15) is 0 Å². The van der Waals surface area contributed by atoms with Crippen molar-refractivity contribution in [1.82, 2.24) is 0 Å². The summed E-state index contributed by atoms with van der Waals surface area (Å²) in [7, 11) is 0. The maximum absolute atomic E-state index is 6.41. The molecular weight excluding hydrogens is 666 g/mol. The molecule has 10 rings (SSSR count). The Morgan fingerprint density at radius 1 is 0.531 bits per heavy atom. The number of anilines is 3. The molecule has 49 heavy (non-hydrogen) atoms. The van der Waals surface area contributed by atoms with Crippen molar-refractivity contribution in [3.8, 4) is 22.3 Å². The van der Waals surface area contributed by atoms with Crippen LogP contribution in [0.25, 0.3) is 66.1 Å². The van der Waals surface area contributed by atoms with Crippen LogP contribution in [0, 0.1) is 0 Å². The van der Waals surface area contributed by atoms with Crippen LogP contribution in [0.2, 0.25) is 0 Å². The number of rotatable bonds is 4. The molecule has 1 aliphatic rings. The molecule has 0 saturated carbocycles. The van der Waals surface area contributed by atoms with E-state index >= 15 is 0 Å². The van der Waals surface area contributed by atoms with Crippen LogP contribution in [-0.4, -0.2) is 0 Å². The average molecular weight is 697 g/mol. The van der Waals surface area contributed by atoms with Gasteiger partial charge in [-0.2, -0.15) is 0 Å². The van der Waals surface area contributed by atoms with Crippen LogP contribution in [0.15, 0.2) is 159 Å². The average Bonchev–Trinajstić information content (AvgIpc) is 3.77. The van der Waals surface area contributed by atoms with Crippen molar-refractivity contribution < 1.29 is 8.83 Å². The lowest BCUT2D eigenvalue weighted by Gasteiger charge is -2.29. The highest BCUT2D eigenvalue weighted by Crippen LogP contribution is 2.54. The first-order valence-corrected chi connectivity index (χ1v) is 17.4. The molecule has 1 aliphatic carbocycles. The van der Waals surface area contributed by atoms with Crippen molar-refractivity contribution in [1.29, 1.82) is 0 Å². The van der Waals surface area contributed by atoms with E-state index in [1.54, 1.807) is 0 Å².